The molecule has 0 radical (unpaired) electrons. The highest BCUT2D eigenvalue weighted by atomic mass is 32.2. The number of nitrogens with one attached hydrogen (secondary N) is 2. The van der Waals surface area contributed by atoms with Gasteiger partial charge >= 0.3 is 0 Å². The minimum Gasteiger partial charge on any atom is -0.372 e. The van der Waals surface area contributed by atoms with Gasteiger partial charge in [0.25, 0.3) is 0 Å². The van der Waals surface area contributed by atoms with Crippen molar-refractivity contribution < 1.29 is 0 Å². The second-order valence-corrected chi connectivity index (χ2v) is 3.22. The van der Waals surface area contributed by atoms with E-state index < -0.39 is 0 Å². The number of aromatic nitrogens is 4. The van der Waals surface area contributed by atoms with Crippen molar-refractivity contribution in [2.24, 2.45) is 0 Å². The van der Waals surface area contributed by atoms with E-state index in [4.69, 9.17) is 0 Å². The van der Waals surface area contributed by atoms with E-state index in [1.165, 1.54) is 6.33 Å². The number of anilines is 1. The summed E-state index contributed by atoms with van der Waals surface area (Å²) in [6.45, 7) is 0. The molecular formula is C7H9N5S. The maximum absolute atomic E-state index is 4.12. The molecule has 68 valence electrons. The molecule has 0 fully saturated rings. The fourth-order valence-electron chi connectivity index (χ4n) is 1.17. The van der Waals surface area contributed by atoms with Crippen LogP contribution in [-0.4, -0.2) is 33.5 Å². The summed E-state index contributed by atoms with van der Waals surface area (Å²) >= 11 is 1.57. The van der Waals surface area contributed by atoms with E-state index in [0.29, 0.717) is 0 Å². The molecular weight excluding hydrogens is 186 g/mol. The Morgan fingerprint density at radius 1 is 1.46 bits per heavy atom. The van der Waals surface area contributed by atoms with Crippen molar-refractivity contribution in [2.45, 2.75) is 5.03 Å². The number of rotatable bonds is 2. The van der Waals surface area contributed by atoms with Crippen molar-refractivity contribution in [2.75, 3.05) is 18.6 Å². The number of thioether (sulfide) groups is 1. The summed E-state index contributed by atoms with van der Waals surface area (Å²) in [5.41, 5.74) is 0.767. The Morgan fingerprint density at radius 3 is 3.00 bits per heavy atom. The summed E-state index contributed by atoms with van der Waals surface area (Å²) in [6, 6.07) is 0. The number of aromatic amines is 1. The van der Waals surface area contributed by atoms with Crippen molar-refractivity contribution in [1.29, 1.82) is 0 Å². The molecule has 0 atom stereocenters. The summed E-state index contributed by atoms with van der Waals surface area (Å²) in [5.74, 6) is 0.808. The van der Waals surface area contributed by atoms with E-state index >= 15 is 0 Å². The molecule has 0 bridgehead atoms. The van der Waals surface area contributed by atoms with Crippen molar-refractivity contribution in [1.82, 2.24) is 20.2 Å². The largest absolute Gasteiger partial charge is 0.372 e. The zero-order chi connectivity index (χ0) is 9.26. The third-order valence-electron chi connectivity index (χ3n) is 1.75. The third-order valence-corrected chi connectivity index (χ3v) is 2.44. The zero-order valence-corrected chi connectivity index (χ0v) is 8.14. The summed E-state index contributed by atoms with van der Waals surface area (Å²) < 4.78 is 0. The molecule has 5 nitrogen and oxygen atoms in total. The lowest BCUT2D eigenvalue weighted by Gasteiger charge is -1.99. The van der Waals surface area contributed by atoms with Gasteiger partial charge in [0.15, 0.2) is 5.65 Å². The van der Waals surface area contributed by atoms with Crippen LogP contribution in [0.15, 0.2) is 11.4 Å². The highest BCUT2D eigenvalue weighted by Crippen LogP contribution is 2.26. The van der Waals surface area contributed by atoms with Gasteiger partial charge in [-0.15, -0.1) is 11.8 Å². The second kappa shape index (κ2) is 3.21. The predicted octanol–water partition coefficient (Wildman–Crippen LogP) is 1.12. The van der Waals surface area contributed by atoms with Gasteiger partial charge in [-0.2, -0.15) is 5.10 Å². The predicted molar refractivity (Wildman–Crippen MR) is 53.0 cm³/mol. The molecule has 2 rings (SSSR count). The Labute approximate surface area is 79.4 Å². The van der Waals surface area contributed by atoms with Crippen LogP contribution in [0.3, 0.4) is 0 Å². The van der Waals surface area contributed by atoms with Crippen molar-refractivity contribution in [3.8, 4) is 0 Å². The molecule has 0 aliphatic carbocycles. The van der Waals surface area contributed by atoms with Gasteiger partial charge in [0.05, 0.1) is 5.39 Å². The Balaban J connectivity index is 2.76. The molecule has 0 saturated heterocycles. The van der Waals surface area contributed by atoms with Gasteiger partial charge in [-0.25, -0.2) is 9.97 Å². The topological polar surface area (TPSA) is 66.5 Å². The van der Waals surface area contributed by atoms with Gasteiger partial charge in [0, 0.05) is 7.05 Å². The summed E-state index contributed by atoms with van der Waals surface area (Å²) in [7, 11) is 1.83. The first-order valence-corrected chi connectivity index (χ1v) is 5.00. The normalized spacial score (nSPS) is 10.6. The van der Waals surface area contributed by atoms with Crippen LogP contribution in [-0.2, 0) is 0 Å². The fourth-order valence-corrected chi connectivity index (χ4v) is 1.70. The Kier molecular flexibility index (Phi) is 2.05. The monoisotopic (exact) mass is 195 g/mol. The van der Waals surface area contributed by atoms with E-state index in [-0.39, 0.29) is 0 Å². The van der Waals surface area contributed by atoms with Gasteiger partial charge in [-0.3, -0.25) is 5.10 Å². The Hall–Kier alpha value is -1.30. The molecule has 6 heteroatoms. The number of hydrogen-bond acceptors (Lipinski definition) is 5. The van der Waals surface area contributed by atoms with E-state index in [1.54, 1.807) is 11.8 Å². The first-order chi connectivity index (χ1) is 6.36. The molecule has 2 aromatic rings. The van der Waals surface area contributed by atoms with Gasteiger partial charge in [0.2, 0.25) is 0 Å². The maximum atomic E-state index is 4.12. The molecule has 0 unspecified atom stereocenters. The van der Waals surface area contributed by atoms with Crippen LogP contribution in [0.2, 0.25) is 0 Å². The molecule has 0 spiro atoms. The van der Waals surface area contributed by atoms with Crippen LogP contribution in [0.25, 0.3) is 11.0 Å². The minimum absolute atomic E-state index is 0.767. The first-order valence-electron chi connectivity index (χ1n) is 3.77. The van der Waals surface area contributed by atoms with Crippen LogP contribution >= 0.6 is 11.8 Å². The molecule has 2 aromatic heterocycles. The van der Waals surface area contributed by atoms with Crippen molar-refractivity contribution >= 4 is 28.6 Å². The third kappa shape index (κ3) is 1.23. The minimum atomic E-state index is 0.767. The van der Waals surface area contributed by atoms with Crippen molar-refractivity contribution in [3.05, 3.63) is 6.33 Å². The highest BCUT2D eigenvalue weighted by molar-refractivity contribution is 7.98. The lowest BCUT2D eigenvalue weighted by atomic mass is 10.4. The van der Waals surface area contributed by atoms with E-state index in [9.17, 15) is 0 Å². The smallest absolute Gasteiger partial charge is 0.161 e. The number of hydrogen-bond donors (Lipinski definition) is 2. The van der Waals surface area contributed by atoms with Crippen LogP contribution in [0.1, 0.15) is 0 Å². The average molecular weight is 195 g/mol. The summed E-state index contributed by atoms with van der Waals surface area (Å²) in [6.07, 6.45) is 3.48. The van der Waals surface area contributed by atoms with Crippen LogP contribution < -0.4 is 5.32 Å². The maximum Gasteiger partial charge on any atom is 0.161 e. The first kappa shape index (κ1) is 8.31. The lowest BCUT2D eigenvalue weighted by Crippen LogP contribution is -1.93. The average Bonchev–Trinajstić information content (AvgIpc) is 2.60. The van der Waals surface area contributed by atoms with E-state index in [0.717, 1.165) is 21.9 Å². The van der Waals surface area contributed by atoms with Gasteiger partial charge < -0.3 is 5.32 Å². The molecule has 0 saturated carbocycles. The van der Waals surface area contributed by atoms with Crippen molar-refractivity contribution in [3.63, 3.8) is 0 Å². The van der Waals surface area contributed by atoms with Crippen LogP contribution in [0, 0.1) is 0 Å². The SMILES string of the molecule is CNc1ncnc2[nH]nc(SC)c12. The number of fused-ring (bicyclic) bond motifs is 1. The van der Waals surface area contributed by atoms with E-state index in [2.05, 4.69) is 25.5 Å². The molecule has 0 amide bonds. The molecule has 0 aromatic carbocycles. The number of nitrogens with zero attached hydrogens (tertiary/aromatic N) is 3. The molecule has 0 aliphatic heterocycles. The molecule has 0 aliphatic rings. The Morgan fingerprint density at radius 2 is 2.31 bits per heavy atom. The van der Waals surface area contributed by atoms with Gasteiger partial charge in [-0.1, -0.05) is 0 Å². The van der Waals surface area contributed by atoms with Crippen LogP contribution in [0.4, 0.5) is 5.82 Å². The second-order valence-electron chi connectivity index (χ2n) is 2.43. The molecule has 2 N–H and O–H groups in total. The molecule has 2 heterocycles. The Bertz CT molecular complexity index is 424. The summed E-state index contributed by atoms with van der Waals surface area (Å²) in [4.78, 5) is 8.19. The standard InChI is InChI=1S/C7H9N5S/c1-8-5-4-6(10-3-9-5)11-12-7(4)13-2/h3H,1-2H3,(H2,8,9,10,11,12). The zero-order valence-electron chi connectivity index (χ0n) is 7.33. The van der Waals surface area contributed by atoms with Gasteiger partial charge in [-0.05, 0) is 6.26 Å². The number of H-pyrrole nitrogens is 1. The fraction of sp³-hybridized carbons (Fsp3) is 0.286. The highest BCUT2D eigenvalue weighted by Gasteiger charge is 2.09. The van der Waals surface area contributed by atoms with Gasteiger partial charge in [0.1, 0.15) is 17.2 Å². The van der Waals surface area contributed by atoms with E-state index in [1.807, 2.05) is 13.3 Å². The summed E-state index contributed by atoms with van der Waals surface area (Å²) in [5, 5.41) is 11.8. The molecule has 13 heavy (non-hydrogen) atoms. The quantitative estimate of drug-likeness (QED) is 0.703. The lowest BCUT2D eigenvalue weighted by molar-refractivity contribution is 1.02. The van der Waals surface area contributed by atoms with Crippen LogP contribution in [0.5, 0.6) is 0 Å².